The molecule has 5 heteroatoms. The Labute approximate surface area is 101 Å². The summed E-state index contributed by atoms with van der Waals surface area (Å²) in [5.74, 6) is 2.16. The minimum atomic E-state index is 0.0871. The van der Waals surface area contributed by atoms with Crippen LogP contribution in [0.2, 0.25) is 0 Å². The van der Waals surface area contributed by atoms with Crippen LogP contribution < -0.4 is 0 Å². The zero-order valence-electron chi connectivity index (χ0n) is 8.15. The Bertz CT molecular complexity index is 366. The molecule has 0 unspecified atom stereocenters. The second-order valence-corrected chi connectivity index (χ2v) is 5.44. The van der Waals surface area contributed by atoms with Crippen molar-refractivity contribution < 1.29 is 4.79 Å². The van der Waals surface area contributed by atoms with Gasteiger partial charge in [0.25, 0.3) is 5.91 Å². The van der Waals surface area contributed by atoms with E-state index in [1.54, 1.807) is 12.4 Å². The van der Waals surface area contributed by atoms with Crippen molar-refractivity contribution in [1.29, 1.82) is 0 Å². The number of hydrogen-bond donors (Lipinski definition) is 0. The lowest BCUT2D eigenvalue weighted by Crippen LogP contribution is -2.37. The molecular formula is C10H11BrN2OS. The van der Waals surface area contributed by atoms with Gasteiger partial charge < -0.3 is 4.90 Å². The first-order valence-electron chi connectivity index (χ1n) is 4.75. The molecule has 1 aliphatic heterocycles. The van der Waals surface area contributed by atoms with Crippen LogP contribution in [0.4, 0.5) is 0 Å². The van der Waals surface area contributed by atoms with Crippen LogP contribution in [0.1, 0.15) is 10.4 Å². The molecular weight excluding hydrogens is 276 g/mol. The first kappa shape index (κ1) is 11.0. The largest absolute Gasteiger partial charge is 0.337 e. The molecule has 0 saturated carbocycles. The number of hydrogen-bond acceptors (Lipinski definition) is 3. The van der Waals surface area contributed by atoms with Crippen LogP contribution in [0.5, 0.6) is 0 Å². The Morgan fingerprint density at radius 2 is 2.13 bits per heavy atom. The summed E-state index contributed by atoms with van der Waals surface area (Å²) in [4.78, 5) is 17.9. The maximum Gasteiger partial charge on any atom is 0.255 e. The Hall–Kier alpha value is -0.550. The maximum absolute atomic E-state index is 12.0. The van der Waals surface area contributed by atoms with Gasteiger partial charge in [0.2, 0.25) is 0 Å². The van der Waals surface area contributed by atoms with Crippen LogP contribution in [0, 0.1) is 0 Å². The molecule has 1 aliphatic rings. The van der Waals surface area contributed by atoms with Gasteiger partial charge in [-0.1, -0.05) is 0 Å². The molecule has 1 aromatic heterocycles. The van der Waals surface area contributed by atoms with Gasteiger partial charge in [-0.2, -0.15) is 11.8 Å². The highest BCUT2D eigenvalue weighted by Crippen LogP contribution is 2.15. The van der Waals surface area contributed by atoms with Crippen molar-refractivity contribution in [2.24, 2.45) is 0 Å². The molecule has 0 aromatic carbocycles. The third-order valence-corrected chi connectivity index (χ3v) is 3.63. The fourth-order valence-corrected chi connectivity index (χ4v) is 2.75. The lowest BCUT2D eigenvalue weighted by Gasteiger charge is -2.26. The van der Waals surface area contributed by atoms with Crippen LogP contribution >= 0.6 is 27.7 Å². The topological polar surface area (TPSA) is 33.2 Å². The number of pyridine rings is 1. The number of carbonyl (C=O) groups is 1. The van der Waals surface area contributed by atoms with Gasteiger partial charge in [0.05, 0.1) is 5.56 Å². The van der Waals surface area contributed by atoms with E-state index in [1.807, 2.05) is 22.7 Å². The van der Waals surface area contributed by atoms with E-state index in [9.17, 15) is 4.79 Å². The molecule has 80 valence electrons. The highest BCUT2D eigenvalue weighted by Gasteiger charge is 2.18. The Morgan fingerprint density at radius 3 is 2.80 bits per heavy atom. The first-order chi connectivity index (χ1) is 7.27. The number of nitrogens with zero attached hydrogens (tertiary/aromatic N) is 2. The molecule has 15 heavy (non-hydrogen) atoms. The normalized spacial score (nSPS) is 16.5. The molecule has 2 rings (SSSR count). The van der Waals surface area contributed by atoms with Gasteiger partial charge >= 0.3 is 0 Å². The zero-order chi connectivity index (χ0) is 10.7. The lowest BCUT2D eigenvalue weighted by molar-refractivity contribution is 0.0772. The predicted octanol–water partition coefficient (Wildman–Crippen LogP) is 2.03. The van der Waals surface area contributed by atoms with Crippen LogP contribution in [0.25, 0.3) is 0 Å². The third-order valence-electron chi connectivity index (χ3n) is 2.25. The fourth-order valence-electron chi connectivity index (χ4n) is 1.48. The fraction of sp³-hybridized carbons (Fsp3) is 0.400. The van der Waals surface area contributed by atoms with Crippen LogP contribution in [-0.2, 0) is 0 Å². The van der Waals surface area contributed by atoms with Crippen molar-refractivity contribution >= 4 is 33.6 Å². The Balaban J connectivity index is 2.12. The van der Waals surface area contributed by atoms with Gasteiger partial charge in [-0.25, -0.2) is 0 Å². The maximum atomic E-state index is 12.0. The van der Waals surface area contributed by atoms with Gasteiger partial charge in [0.1, 0.15) is 0 Å². The summed E-state index contributed by atoms with van der Waals surface area (Å²) in [5, 5.41) is 0. The van der Waals surface area contributed by atoms with Crippen LogP contribution in [0.15, 0.2) is 22.9 Å². The minimum absolute atomic E-state index is 0.0871. The summed E-state index contributed by atoms with van der Waals surface area (Å²) in [6.07, 6.45) is 3.30. The molecule has 0 N–H and O–H groups in total. The monoisotopic (exact) mass is 286 g/mol. The number of rotatable bonds is 1. The summed E-state index contributed by atoms with van der Waals surface area (Å²) in [5.41, 5.74) is 0.663. The number of thioether (sulfide) groups is 1. The second kappa shape index (κ2) is 4.99. The summed E-state index contributed by atoms with van der Waals surface area (Å²) in [7, 11) is 0. The second-order valence-electron chi connectivity index (χ2n) is 3.30. The third kappa shape index (κ3) is 2.72. The molecule has 2 heterocycles. The molecule has 0 atom stereocenters. The highest BCUT2D eigenvalue weighted by atomic mass is 79.9. The van der Waals surface area contributed by atoms with E-state index in [-0.39, 0.29) is 5.91 Å². The van der Waals surface area contributed by atoms with Crippen LogP contribution in [-0.4, -0.2) is 40.4 Å². The van der Waals surface area contributed by atoms with Crippen molar-refractivity contribution in [2.45, 2.75) is 0 Å². The molecule has 0 bridgehead atoms. The van der Waals surface area contributed by atoms with E-state index in [1.165, 1.54) is 0 Å². The number of halogens is 1. The van der Waals surface area contributed by atoms with Gasteiger partial charge in [0.15, 0.2) is 0 Å². The SMILES string of the molecule is O=C(c1cncc(Br)c1)N1CCSCC1. The summed E-state index contributed by atoms with van der Waals surface area (Å²) < 4.78 is 0.847. The minimum Gasteiger partial charge on any atom is -0.337 e. The molecule has 0 radical (unpaired) electrons. The lowest BCUT2D eigenvalue weighted by atomic mass is 10.2. The Morgan fingerprint density at radius 1 is 1.40 bits per heavy atom. The van der Waals surface area contributed by atoms with Gasteiger partial charge in [-0.15, -0.1) is 0 Å². The highest BCUT2D eigenvalue weighted by molar-refractivity contribution is 9.10. The van der Waals surface area contributed by atoms with Crippen molar-refractivity contribution in [1.82, 2.24) is 9.88 Å². The zero-order valence-corrected chi connectivity index (χ0v) is 10.6. The van der Waals surface area contributed by atoms with Crippen molar-refractivity contribution in [3.63, 3.8) is 0 Å². The van der Waals surface area contributed by atoms with Crippen LogP contribution in [0.3, 0.4) is 0 Å². The van der Waals surface area contributed by atoms with E-state index in [0.717, 1.165) is 29.1 Å². The van der Waals surface area contributed by atoms with Crippen molar-refractivity contribution in [3.05, 3.63) is 28.5 Å². The molecule has 1 aromatic rings. The quantitative estimate of drug-likeness (QED) is 0.792. The predicted molar refractivity (Wildman–Crippen MR) is 65.2 cm³/mol. The number of aromatic nitrogens is 1. The molecule has 0 aliphatic carbocycles. The van der Waals surface area contributed by atoms with E-state index in [4.69, 9.17) is 0 Å². The number of carbonyl (C=O) groups excluding carboxylic acids is 1. The van der Waals surface area contributed by atoms with Gasteiger partial charge in [0, 0.05) is 41.5 Å². The average Bonchev–Trinajstić information content (AvgIpc) is 2.29. The average molecular weight is 287 g/mol. The standard InChI is InChI=1S/C10H11BrN2OS/c11-9-5-8(6-12-7-9)10(14)13-1-3-15-4-2-13/h5-7H,1-4H2. The van der Waals surface area contributed by atoms with E-state index < -0.39 is 0 Å². The smallest absolute Gasteiger partial charge is 0.255 e. The van der Waals surface area contributed by atoms with Crippen molar-refractivity contribution in [2.75, 3.05) is 24.6 Å². The molecule has 3 nitrogen and oxygen atoms in total. The Kier molecular flexibility index (Phi) is 3.64. The van der Waals surface area contributed by atoms with Gasteiger partial charge in [-0.05, 0) is 22.0 Å². The molecule has 1 fully saturated rings. The summed E-state index contributed by atoms with van der Waals surface area (Å²) in [6, 6.07) is 1.82. The van der Waals surface area contributed by atoms with Crippen molar-refractivity contribution in [3.8, 4) is 0 Å². The molecule has 1 amide bonds. The summed E-state index contributed by atoms with van der Waals surface area (Å²) >= 11 is 5.21. The van der Waals surface area contributed by atoms with E-state index in [0.29, 0.717) is 5.56 Å². The van der Waals surface area contributed by atoms with E-state index >= 15 is 0 Å². The molecule has 1 saturated heterocycles. The molecule has 0 spiro atoms. The van der Waals surface area contributed by atoms with E-state index in [2.05, 4.69) is 20.9 Å². The number of amides is 1. The van der Waals surface area contributed by atoms with Gasteiger partial charge in [-0.3, -0.25) is 9.78 Å². The summed E-state index contributed by atoms with van der Waals surface area (Å²) in [6.45, 7) is 1.69. The first-order valence-corrected chi connectivity index (χ1v) is 6.70.